The van der Waals surface area contributed by atoms with Gasteiger partial charge in [0.15, 0.2) is 5.58 Å². The molecule has 8 heteroatoms. The van der Waals surface area contributed by atoms with Crippen LogP contribution in [0.2, 0.25) is 5.02 Å². The number of hydrogen-bond donors (Lipinski definition) is 1. The molecule has 0 unspecified atom stereocenters. The zero-order valence-corrected chi connectivity index (χ0v) is 14.9. The number of oxazole rings is 1. The summed E-state index contributed by atoms with van der Waals surface area (Å²) in [5, 5.41) is 0.0827. The van der Waals surface area contributed by atoms with E-state index >= 15 is 0 Å². The average molecular weight is 371 g/mol. The minimum atomic E-state index is -3.74. The molecule has 1 aromatic carbocycles. The molecule has 6 nitrogen and oxygen atoms in total. The highest BCUT2D eigenvalue weighted by Crippen LogP contribution is 2.48. The first-order chi connectivity index (χ1) is 11.3. The van der Waals surface area contributed by atoms with Crippen LogP contribution in [0.25, 0.3) is 11.1 Å². The maximum Gasteiger partial charge on any atom is 0.419 e. The first kappa shape index (κ1) is 16.2. The van der Waals surface area contributed by atoms with Crippen LogP contribution in [0.5, 0.6) is 0 Å². The van der Waals surface area contributed by atoms with Crippen LogP contribution < -0.4 is 10.5 Å². The molecular formula is C16H19ClN2O4S. The summed E-state index contributed by atoms with van der Waals surface area (Å²) in [6.45, 7) is 0.441. The highest BCUT2D eigenvalue weighted by atomic mass is 35.5. The number of hydrogen-bond acceptors (Lipinski definition) is 4. The Morgan fingerprint density at radius 3 is 2.79 bits per heavy atom. The Morgan fingerprint density at radius 1 is 1.33 bits per heavy atom. The number of fused-ring (bicyclic) bond motifs is 3. The predicted molar refractivity (Wildman–Crippen MR) is 90.6 cm³/mol. The molecule has 1 aromatic heterocycles. The van der Waals surface area contributed by atoms with E-state index in [0.717, 1.165) is 12.3 Å². The largest absolute Gasteiger partial charge is 0.419 e. The van der Waals surface area contributed by atoms with Crippen molar-refractivity contribution in [1.29, 1.82) is 0 Å². The molecule has 0 aliphatic heterocycles. The zero-order valence-electron chi connectivity index (χ0n) is 13.3. The molecule has 2 fully saturated rings. The van der Waals surface area contributed by atoms with Gasteiger partial charge in [0.1, 0.15) is 4.90 Å². The summed E-state index contributed by atoms with van der Waals surface area (Å²) < 4.78 is 34.3. The molecule has 0 amide bonds. The van der Waals surface area contributed by atoms with Gasteiger partial charge in [-0.1, -0.05) is 18.0 Å². The van der Waals surface area contributed by atoms with Gasteiger partial charge in [-0.3, -0.25) is 4.57 Å². The summed E-state index contributed by atoms with van der Waals surface area (Å²) in [7, 11) is -2.20. The fourth-order valence-corrected chi connectivity index (χ4v) is 5.89. The van der Waals surface area contributed by atoms with Gasteiger partial charge in [-0.2, -0.15) is 0 Å². The van der Waals surface area contributed by atoms with Crippen LogP contribution in [-0.4, -0.2) is 19.5 Å². The third-order valence-corrected chi connectivity index (χ3v) is 7.44. The van der Waals surface area contributed by atoms with Crippen molar-refractivity contribution in [1.82, 2.24) is 9.29 Å². The lowest BCUT2D eigenvalue weighted by atomic mass is 9.89. The number of nitrogens with one attached hydrogen (secondary N) is 1. The second-order valence-electron chi connectivity index (χ2n) is 6.96. The van der Waals surface area contributed by atoms with Crippen LogP contribution in [-0.2, 0) is 17.1 Å². The summed E-state index contributed by atoms with van der Waals surface area (Å²) in [5.74, 6) is 1.27. The Balaban J connectivity index is 1.60. The van der Waals surface area contributed by atoms with Gasteiger partial charge < -0.3 is 4.42 Å². The number of nitrogens with zero attached hydrogens (tertiary/aromatic N) is 1. The second kappa shape index (κ2) is 5.61. The minimum absolute atomic E-state index is 0.0471. The first-order valence-corrected chi connectivity index (χ1v) is 10.00. The molecule has 2 aliphatic rings. The average Bonchev–Trinajstić information content (AvgIpc) is 3.22. The standard InChI is InChI=1S/C16H19ClN2O4S/c1-19-13-6-12(17)15(7-14(13)23-16(19)20)24(21,22)18-8-11-5-9-2-3-10(11)4-9/h6-7,9-11,18H,2-5,8H2,1H3/t9-,10-,11+/m1/s1. The lowest BCUT2D eigenvalue weighted by molar-refractivity contribution is 0.333. The maximum atomic E-state index is 12.6. The molecule has 130 valence electrons. The Hall–Kier alpha value is -1.31. The van der Waals surface area contributed by atoms with Crippen LogP contribution >= 0.6 is 11.6 Å². The van der Waals surface area contributed by atoms with Crippen LogP contribution in [0, 0.1) is 17.8 Å². The lowest BCUT2D eigenvalue weighted by Gasteiger charge is -2.21. The van der Waals surface area contributed by atoms with E-state index in [4.69, 9.17) is 16.0 Å². The normalized spacial score (nSPS) is 26.5. The SMILES string of the molecule is Cn1c(=O)oc2cc(S(=O)(=O)NC[C@@H]3C[C@@H]4CC[C@@H]3C4)c(Cl)cc21. The molecule has 4 rings (SSSR count). The van der Waals surface area contributed by atoms with Gasteiger partial charge in [-0.15, -0.1) is 0 Å². The molecule has 2 aliphatic carbocycles. The Morgan fingerprint density at radius 2 is 2.12 bits per heavy atom. The quantitative estimate of drug-likeness (QED) is 0.896. The van der Waals surface area contributed by atoms with Crippen molar-refractivity contribution >= 4 is 32.7 Å². The van der Waals surface area contributed by atoms with E-state index in [9.17, 15) is 13.2 Å². The lowest BCUT2D eigenvalue weighted by Crippen LogP contribution is -2.31. The Kier molecular flexibility index (Phi) is 3.78. The van der Waals surface area contributed by atoms with Crippen molar-refractivity contribution in [2.24, 2.45) is 24.8 Å². The van der Waals surface area contributed by atoms with Crippen molar-refractivity contribution in [3.05, 3.63) is 27.7 Å². The number of rotatable bonds is 4. The molecule has 0 radical (unpaired) electrons. The van der Waals surface area contributed by atoms with Crippen LogP contribution in [0.15, 0.2) is 26.2 Å². The summed E-state index contributed by atoms with van der Waals surface area (Å²) >= 11 is 6.15. The van der Waals surface area contributed by atoms with Gasteiger partial charge in [0.05, 0.1) is 10.5 Å². The molecule has 24 heavy (non-hydrogen) atoms. The van der Waals surface area contributed by atoms with E-state index in [2.05, 4.69) is 4.72 Å². The molecule has 3 atom stereocenters. The van der Waals surface area contributed by atoms with Crippen LogP contribution in [0.1, 0.15) is 25.7 Å². The molecule has 2 bridgehead atoms. The van der Waals surface area contributed by atoms with Crippen LogP contribution in [0.3, 0.4) is 0 Å². The maximum absolute atomic E-state index is 12.6. The van der Waals surface area contributed by atoms with Crippen molar-refractivity contribution in [3.8, 4) is 0 Å². The summed E-state index contributed by atoms with van der Waals surface area (Å²) in [6, 6.07) is 2.77. The number of aryl methyl sites for hydroxylation is 1. The summed E-state index contributed by atoms with van der Waals surface area (Å²) in [4.78, 5) is 11.5. The van der Waals surface area contributed by atoms with Crippen molar-refractivity contribution < 1.29 is 12.8 Å². The predicted octanol–water partition coefficient (Wildman–Crippen LogP) is 2.50. The zero-order chi connectivity index (χ0) is 17.1. The Bertz CT molecular complexity index is 962. The van der Waals surface area contributed by atoms with Crippen molar-refractivity contribution in [2.75, 3.05) is 6.54 Å². The van der Waals surface area contributed by atoms with E-state index < -0.39 is 15.8 Å². The van der Waals surface area contributed by atoms with E-state index in [1.165, 1.54) is 36.0 Å². The van der Waals surface area contributed by atoms with Crippen molar-refractivity contribution in [3.63, 3.8) is 0 Å². The van der Waals surface area contributed by atoms with E-state index in [1.54, 1.807) is 7.05 Å². The van der Waals surface area contributed by atoms with E-state index in [1.807, 2.05) is 0 Å². The third-order valence-electron chi connectivity index (χ3n) is 5.56. The highest BCUT2D eigenvalue weighted by Gasteiger charge is 2.39. The molecule has 0 saturated heterocycles. The number of benzene rings is 1. The van der Waals surface area contributed by atoms with Gasteiger partial charge in [0.2, 0.25) is 10.0 Å². The second-order valence-corrected chi connectivity index (χ2v) is 9.11. The molecule has 2 aromatic rings. The smallest absolute Gasteiger partial charge is 0.408 e. The minimum Gasteiger partial charge on any atom is -0.408 e. The third kappa shape index (κ3) is 2.59. The Labute approximate surface area is 144 Å². The van der Waals surface area contributed by atoms with Crippen molar-refractivity contribution in [2.45, 2.75) is 30.6 Å². The monoisotopic (exact) mass is 370 g/mol. The van der Waals surface area contributed by atoms with Gasteiger partial charge in [-0.05, 0) is 43.1 Å². The van der Waals surface area contributed by atoms with Gasteiger partial charge >= 0.3 is 5.76 Å². The van der Waals surface area contributed by atoms with E-state index in [-0.39, 0.29) is 15.5 Å². The van der Waals surface area contributed by atoms with Gasteiger partial charge in [0.25, 0.3) is 0 Å². The first-order valence-electron chi connectivity index (χ1n) is 8.14. The number of halogens is 1. The number of aromatic nitrogens is 1. The fraction of sp³-hybridized carbons (Fsp3) is 0.562. The molecule has 1 N–H and O–H groups in total. The highest BCUT2D eigenvalue weighted by molar-refractivity contribution is 7.89. The summed E-state index contributed by atoms with van der Waals surface area (Å²) in [5.41, 5.74) is 0.684. The van der Waals surface area contributed by atoms with Crippen LogP contribution in [0.4, 0.5) is 0 Å². The van der Waals surface area contributed by atoms with E-state index in [0.29, 0.717) is 23.9 Å². The molecule has 2 saturated carbocycles. The number of sulfonamides is 1. The van der Waals surface area contributed by atoms with Gasteiger partial charge in [0, 0.05) is 19.7 Å². The van der Waals surface area contributed by atoms with Gasteiger partial charge in [-0.25, -0.2) is 17.9 Å². The molecule has 1 heterocycles. The molecular weight excluding hydrogens is 352 g/mol. The molecule has 0 spiro atoms. The topological polar surface area (TPSA) is 81.3 Å². The summed E-state index contributed by atoms with van der Waals surface area (Å²) in [6.07, 6.45) is 4.82. The fourth-order valence-electron chi connectivity index (χ4n) is 4.26.